The molecule has 5 nitrogen and oxygen atoms in total. The van der Waals surface area contributed by atoms with Gasteiger partial charge in [-0.3, -0.25) is 4.99 Å². The molecule has 1 atom stereocenters. The molecule has 0 amide bonds. The minimum atomic E-state index is -2.90. The van der Waals surface area contributed by atoms with Gasteiger partial charge in [0.1, 0.15) is 9.84 Å². The Kier molecular flexibility index (Phi) is 9.93. The first-order valence-electron chi connectivity index (χ1n) is 7.97. The number of hydrogen-bond donors (Lipinski definition) is 2. The molecule has 0 saturated heterocycles. The fourth-order valence-electron chi connectivity index (χ4n) is 2.67. The predicted molar refractivity (Wildman–Crippen MR) is 105 cm³/mol. The topological polar surface area (TPSA) is 70.6 Å². The molecule has 0 aromatic rings. The highest BCUT2D eigenvalue weighted by molar-refractivity contribution is 14.0. The van der Waals surface area contributed by atoms with E-state index in [1.54, 1.807) is 0 Å². The van der Waals surface area contributed by atoms with Crippen molar-refractivity contribution in [1.82, 2.24) is 10.6 Å². The molecule has 1 fully saturated rings. The van der Waals surface area contributed by atoms with Crippen LogP contribution in [0.3, 0.4) is 0 Å². The summed E-state index contributed by atoms with van der Waals surface area (Å²) in [6.07, 6.45) is 6.99. The number of sulfone groups is 1. The smallest absolute Gasteiger partial charge is 0.191 e. The number of nitrogens with zero attached hydrogens (tertiary/aromatic N) is 1. The minimum Gasteiger partial charge on any atom is -0.357 e. The summed E-state index contributed by atoms with van der Waals surface area (Å²) >= 11 is 0. The lowest BCUT2D eigenvalue weighted by Gasteiger charge is -2.23. The molecule has 1 rings (SSSR count). The van der Waals surface area contributed by atoms with Crippen molar-refractivity contribution in [2.24, 2.45) is 10.4 Å². The Morgan fingerprint density at radius 3 is 2.41 bits per heavy atom. The summed E-state index contributed by atoms with van der Waals surface area (Å²) in [4.78, 5) is 4.70. The van der Waals surface area contributed by atoms with Crippen molar-refractivity contribution in [2.75, 3.05) is 25.1 Å². The molecule has 7 heteroatoms. The average Bonchev–Trinajstić information content (AvgIpc) is 2.81. The van der Waals surface area contributed by atoms with E-state index in [9.17, 15) is 8.42 Å². The van der Waals surface area contributed by atoms with Crippen LogP contribution in [0.2, 0.25) is 0 Å². The first-order valence-corrected chi connectivity index (χ1v) is 10.0. The van der Waals surface area contributed by atoms with Crippen LogP contribution in [0, 0.1) is 5.41 Å². The van der Waals surface area contributed by atoms with Gasteiger partial charge < -0.3 is 10.6 Å². The van der Waals surface area contributed by atoms with Crippen molar-refractivity contribution in [3.05, 3.63) is 0 Å². The van der Waals surface area contributed by atoms with Crippen molar-refractivity contribution in [3.8, 4) is 0 Å². The Bertz CT molecular complexity index is 446. The summed E-state index contributed by atoms with van der Waals surface area (Å²) in [6.45, 7) is 7.98. The van der Waals surface area contributed by atoms with Crippen LogP contribution in [0.4, 0.5) is 0 Å². The number of guanidine groups is 1. The summed E-state index contributed by atoms with van der Waals surface area (Å²) < 4.78 is 22.4. The predicted octanol–water partition coefficient (Wildman–Crippen LogP) is 2.56. The fraction of sp³-hybridized carbons (Fsp3) is 0.933. The van der Waals surface area contributed by atoms with Gasteiger partial charge in [-0.2, -0.15) is 0 Å². The lowest BCUT2D eigenvalue weighted by molar-refractivity contribution is 0.350. The third kappa shape index (κ3) is 9.17. The SMILES string of the molecule is CCNC(=NCC1(C)CCCC1)NC(C)CCS(C)(=O)=O.I. The third-order valence-electron chi connectivity index (χ3n) is 4.08. The van der Waals surface area contributed by atoms with E-state index in [-0.39, 0.29) is 35.8 Å². The maximum atomic E-state index is 11.2. The van der Waals surface area contributed by atoms with Crippen LogP contribution in [0.1, 0.15) is 52.9 Å². The molecule has 2 N–H and O–H groups in total. The molecule has 0 radical (unpaired) electrons. The Hall–Kier alpha value is -0.0500. The molecule has 0 aromatic heterocycles. The summed E-state index contributed by atoms with van der Waals surface area (Å²) in [5.41, 5.74) is 0.332. The van der Waals surface area contributed by atoms with E-state index in [1.165, 1.54) is 31.9 Å². The second-order valence-electron chi connectivity index (χ2n) is 6.68. The lowest BCUT2D eigenvalue weighted by Crippen LogP contribution is -2.43. The van der Waals surface area contributed by atoms with E-state index in [0.717, 1.165) is 19.0 Å². The molecular formula is C15H32IN3O2S. The maximum absolute atomic E-state index is 11.2. The zero-order valence-electron chi connectivity index (χ0n) is 14.3. The van der Waals surface area contributed by atoms with Gasteiger partial charge in [0, 0.05) is 25.4 Å². The van der Waals surface area contributed by atoms with E-state index >= 15 is 0 Å². The summed E-state index contributed by atoms with van der Waals surface area (Å²) in [5.74, 6) is 1.00. The van der Waals surface area contributed by atoms with Crippen molar-refractivity contribution < 1.29 is 8.42 Å². The second kappa shape index (κ2) is 9.95. The standard InChI is InChI=1S/C15H31N3O2S.HI/c1-5-16-14(17-12-15(3)9-6-7-10-15)18-13(2)8-11-21(4,19)20;/h13H,5-12H2,1-4H3,(H2,16,17,18);1H. The van der Waals surface area contributed by atoms with E-state index < -0.39 is 9.84 Å². The van der Waals surface area contributed by atoms with Crippen molar-refractivity contribution >= 4 is 39.8 Å². The molecule has 0 heterocycles. The Morgan fingerprint density at radius 1 is 1.32 bits per heavy atom. The molecular weight excluding hydrogens is 413 g/mol. The van der Waals surface area contributed by atoms with Gasteiger partial charge in [-0.15, -0.1) is 24.0 Å². The van der Waals surface area contributed by atoms with Crippen molar-refractivity contribution in [1.29, 1.82) is 0 Å². The number of rotatable bonds is 7. The van der Waals surface area contributed by atoms with Crippen molar-refractivity contribution in [2.45, 2.75) is 58.9 Å². The van der Waals surface area contributed by atoms with E-state index in [4.69, 9.17) is 4.99 Å². The third-order valence-corrected chi connectivity index (χ3v) is 5.06. The van der Waals surface area contributed by atoms with Crippen LogP contribution < -0.4 is 10.6 Å². The molecule has 1 saturated carbocycles. The Balaban J connectivity index is 0.00000441. The van der Waals surface area contributed by atoms with E-state index in [0.29, 0.717) is 11.8 Å². The maximum Gasteiger partial charge on any atom is 0.191 e. The van der Waals surface area contributed by atoms with Crippen LogP contribution in [0.5, 0.6) is 0 Å². The number of nitrogens with one attached hydrogen (secondary N) is 2. The molecule has 0 bridgehead atoms. The Labute approximate surface area is 153 Å². The highest BCUT2D eigenvalue weighted by Crippen LogP contribution is 2.37. The number of aliphatic imine (C=N–C) groups is 1. The molecule has 1 aliphatic rings. The zero-order chi connectivity index (χ0) is 15.9. The highest BCUT2D eigenvalue weighted by Gasteiger charge is 2.28. The van der Waals surface area contributed by atoms with E-state index in [1.807, 2.05) is 13.8 Å². The monoisotopic (exact) mass is 445 g/mol. The van der Waals surface area contributed by atoms with Gasteiger partial charge in [-0.05, 0) is 38.5 Å². The Morgan fingerprint density at radius 2 is 1.91 bits per heavy atom. The second-order valence-corrected chi connectivity index (χ2v) is 8.94. The van der Waals surface area contributed by atoms with Crippen LogP contribution in [-0.2, 0) is 9.84 Å². The van der Waals surface area contributed by atoms with Gasteiger partial charge in [-0.1, -0.05) is 19.8 Å². The molecule has 1 unspecified atom stereocenters. The van der Waals surface area contributed by atoms with Crippen LogP contribution in [0.15, 0.2) is 4.99 Å². The molecule has 1 aliphatic carbocycles. The quantitative estimate of drug-likeness (QED) is 0.359. The first-order chi connectivity index (χ1) is 9.74. The van der Waals surface area contributed by atoms with Gasteiger partial charge in [-0.25, -0.2) is 8.42 Å². The molecule has 0 aromatic carbocycles. The normalized spacial score (nSPS) is 19.4. The fourth-order valence-corrected chi connectivity index (χ4v) is 3.45. The first kappa shape index (κ1) is 21.9. The van der Waals surface area contributed by atoms with Gasteiger partial charge >= 0.3 is 0 Å². The largest absolute Gasteiger partial charge is 0.357 e. The van der Waals surface area contributed by atoms with Gasteiger partial charge in [0.05, 0.1) is 5.75 Å². The zero-order valence-corrected chi connectivity index (χ0v) is 17.5. The van der Waals surface area contributed by atoms with Crippen LogP contribution in [0.25, 0.3) is 0 Å². The summed E-state index contributed by atoms with van der Waals surface area (Å²) in [5, 5.41) is 6.55. The lowest BCUT2D eigenvalue weighted by atomic mass is 9.89. The number of halogens is 1. The van der Waals surface area contributed by atoms with Gasteiger partial charge in [0.2, 0.25) is 0 Å². The molecule has 0 aliphatic heterocycles. The minimum absolute atomic E-state index is 0. The van der Waals surface area contributed by atoms with Gasteiger partial charge in [0.15, 0.2) is 5.96 Å². The highest BCUT2D eigenvalue weighted by atomic mass is 127. The van der Waals surface area contributed by atoms with Crippen molar-refractivity contribution in [3.63, 3.8) is 0 Å². The van der Waals surface area contributed by atoms with Crippen LogP contribution in [-0.4, -0.2) is 45.5 Å². The van der Waals surface area contributed by atoms with E-state index in [2.05, 4.69) is 17.6 Å². The molecule has 0 spiro atoms. The van der Waals surface area contributed by atoms with Gasteiger partial charge in [0.25, 0.3) is 0 Å². The van der Waals surface area contributed by atoms with Crippen LogP contribution >= 0.6 is 24.0 Å². The molecule has 22 heavy (non-hydrogen) atoms. The molecule has 132 valence electrons. The summed E-state index contributed by atoms with van der Waals surface area (Å²) in [6, 6.07) is 0.0916. The average molecular weight is 445 g/mol. The summed E-state index contributed by atoms with van der Waals surface area (Å²) in [7, 11) is -2.90. The number of hydrogen-bond acceptors (Lipinski definition) is 3.